The summed E-state index contributed by atoms with van der Waals surface area (Å²) in [4.78, 5) is 28.8. The second-order valence-corrected chi connectivity index (χ2v) is 9.10. The summed E-state index contributed by atoms with van der Waals surface area (Å²) in [5.41, 5.74) is 2.81. The third-order valence-electron chi connectivity index (χ3n) is 5.95. The highest BCUT2D eigenvalue weighted by Gasteiger charge is 2.30. The van der Waals surface area contributed by atoms with Crippen molar-refractivity contribution in [2.75, 3.05) is 6.61 Å². The fraction of sp³-hybridized carbons (Fsp3) is 0.161. The third kappa shape index (κ3) is 7.95. The first-order chi connectivity index (χ1) is 18.1. The molecule has 0 spiro atoms. The van der Waals surface area contributed by atoms with Crippen molar-refractivity contribution < 1.29 is 14.3 Å². The van der Waals surface area contributed by atoms with Gasteiger partial charge in [-0.2, -0.15) is 0 Å². The molecule has 0 bridgehead atoms. The highest BCUT2D eigenvalue weighted by atomic mass is 35.5. The van der Waals surface area contributed by atoms with Crippen LogP contribution in [-0.4, -0.2) is 29.4 Å². The average molecular weight is 513 g/mol. The number of rotatable bonds is 11. The first-order valence-electron chi connectivity index (χ1n) is 12.2. The van der Waals surface area contributed by atoms with Crippen LogP contribution in [0.15, 0.2) is 115 Å². The number of hydrogen-bond donors (Lipinski definition) is 1. The molecular formula is C31H29ClN2O3. The van der Waals surface area contributed by atoms with Crippen molar-refractivity contribution in [3.63, 3.8) is 0 Å². The molecule has 4 rings (SSSR count). The minimum Gasteiger partial charge on any atom is -0.484 e. The molecule has 0 radical (unpaired) electrons. The van der Waals surface area contributed by atoms with E-state index in [1.807, 2.05) is 91.0 Å². The van der Waals surface area contributed by atoms with Gasteiger partial charge in [-0.1, -0.05) is 103 Å². The lowest BCUT2D eigenvalue weighted by atomic mass is 10.0. The minimum atomic E-state index is -0.742. The third-order valence-corrected chi connectivity index (χ3v) is 6.20. The molecule has 0 aliphatic heterocycles. The van der Waals surface area contributed by atoms with E-state index in [0.717, 1.165) is 16.7 Å². The molecule has 4 aromatic rings. The Labute approximate surface area is 222 Å². The first kappa shape index (κ1) is 26.0. The van der Waals surface area contributed by atoms with Crippen molar-refractivity contribution >= 4 is 23.4 Å². The maximum Gasteiger partial charge on any atom is 0.261 e. The summed E-state index contributed by atoms with van der Waals surface area (Å²) in [5.74, 6) is 0.0831. The van der Waals surface area contributed by atoms with E-state index in [9.17, 15) is 9.59 Å². The van der Waals surface area contributed by atoms with E-state index >= 15 is 0 Å². The predicted molar refractivity (Wildman–Crippen MR) is 146 cm³/mol. The largest absolute Gasteiger partial charge is 0.484 e. The smallest absolute Gasteiger partial charge is 0.261 e. The SMILES string of the molecule is O=C(NCc1ccccc1)C(Cc1ccccc1)N(Cc1ccc(Cl)cc1)C(=O)COc1ccccc1. The van der Waals surface area contributed by atoms with E-state index in [2.05, 4.69) is 5.32 Å². The molecule has 2 amide bonds. The Bertz CT molecular complexity index is 1270. The fourth-order valence-electron chi connectivity index (χ4n) is 3.99. The molecule has 0 aliphatic rings. The van der Waals surface area contributed by atoms with Gasteiger partial charge in [-0.05, 0) is 41.0 Å². The van der Waals surface area contributed by atoms with Crippen LogP contribution in [0, 0.1) is 0 Å². The van der Waals surface area contributed by atoms with E-state index < -0.39 is 6.04 Å². The van der Waals surface area contributed by atoms with Gasteiger partial charge in [-0.25, -0.2) is 0 Å². The zero-order valence-electron chi connectivity index (χ0n) is 20.4. The van der Waals surface area contributed by atoms with E-state index in [-0.39, 0.29) is 25.0 Å². The van der Waals surface area contributed by atoms with Crippen LogP contribution in [0.25, 0.3) is 0 Å². The summed E-state index contributed by atoms with van der Waals surface area (Å²) in [6, 6.07) is 35.1. The molecule has 1 unspecified atom stereocenters. The number of ether oxygens (including phenoxy) is 1. The zero-order valence-corrected chi connectivity index (χ0v) is 21.2. The molecule has 0 aromatic heterocycles. The van der Waals surface area contributed by atoms with Crippen LogP contribution in [0.1, 0.15) is 16.7 Å². The van der Waals surface area contributed by atoms with E-state index in [1.54, 1.807) is 29.2 Å². The molecule has 1 atom stereocenters. The van der Waals surface area contributed by atoms with Gasteiger partial charge in [0.25, 0.3) is 5.91 Å². The predicted octanol–water partition coefficient (Wildman–Crippen LogP) is 5.68. The molecule has 5 nitrogen and oxygen atoms in total. The molecule has 0 aliphatic carbocycles. The van der Waals surface area contributed by atoms with Crippen molar-refractivity contribution in [3.8, 4) is 5.75 Å². The molecule has 0 saturated heterocycles. The van der Waals surface area contributed by atoms with E-state index in [0.29, 0.717) is 23.7 Å². The monoisotopic (exact) mass is 512 g/mol. The quantitative estimate of drug-likeness (QED) is 0.281. The lowest BCUT2D eigenvalue weighted by Crippen LogP contribution is -2.51. The molecule has 6 heteroatoms. The van der Waals surface area contributed by atoms with Gasteiger partial charge in [0.2, 0.25) is 5.91 Å². The number of para-hydroxylation sites is 1. The van der Waals surface area contributed by atoms with Crippen LogP contribution < -0.4 is 10.1 Å². The second-order valence-electron chi connectivity index (χ2n) is 8.66. The first-order valence-corrected chi connectivity index (χ1v) is 12.5. The summed E-state index contributed by atoms with van der Waals surface area (Å²) in [5, 5.41) is 3.64. The second kappa shape index (κ2) is 13.3. The van der Waals surface area contributed by atoms with Gasteiger partial charge in [0, 0.05) is 24.5 Å². The van der Waals surface area contributed by atoms with Gasteiger partial charge in [0.1, 0.15) is 11.8 Å². The Kier molecular flexibility index (Phi) is 9.33. The van der Waals surface area contributed by atoms with Gasteiger partial charge in [-0.3, -0.25) is 9.59 Å². The molecule has 0 heterocycles. The van der Waals surface area contributed by atoms with Gasteiger partial charge in [0.05, 0.1) is 0 Å². The Hall–Kier alpha value is -4.09. The average Bonchev–Trinajstić information content (AvgIpc) is 2.95. The van der Waals surface area contributed by atoms with E-state index in [1.165, 1.54) is 0 Å². The van der Waals surface area contributed by atoms with Crippen LogP contribution in [0.2, 0.25) is 5.02 Å². The maximum absolute atomic E-state index is 13.6. The highest BCUT2D eigenvalue weighted by molar-refractivity contribution is 6.30. The van der Waals surface area contributed by atoms with Crippen molar-refractivity contribution in [2.45, 2.75) is 25.6 Å². The number of nitrogens with zero attached hydrogens (tertiary/aromatic N) is 1. The van der Waals surface area contributed by atoms with Crippen LogP contribution in [0.5, 0.6) is 5.75 Å². The van der Waals surface area contributed by atoms with Crippen LogP contribution >= 0.6 is 11.6 Å². The summed E-state index contributed by atoms with van der Waals surface area (Å²) in [6.07, 6.45) is 0.367. The number of hydrogen-bond acceptors (Lipinski definition) is 3. The van der Waals surface area contributed by atoms with Crippen LogP contribution in [0.4, 0.5) is 0 Å². The topological polar surface area (TPSA) is 58.6 Å². The van der Waals surface area contributed by atoms with Gasteiger partial charge >= 0.3 is 0 Å². The normalized spacial score (nSPS) is 11.4. The van der Waals surface area contributed by atoms with Gasteiger partial charge < -0.3 is 15.0 Å². The number of amides is 2. The fourth-order valence-corrected chi connectivity index (χ4v) is 4.11. The highest BCUT2D eigenvalue weighted by Crippen LogP contribution is 2.18. The molecule has 4 aromatic carbocycles. The summed E-state index contributed by atoms with van der Waals surface area (Å²) >= 11 is 6.08. The summed E-state index contributed by atoms with van der Waals surface area (Å²) in [6.45, 7) is 0.424. The Morgan fingerprint density at radius 3 is 1.92 bits per heavy atom. The maximum atomic E-state index is 13.6. The van der Waals surface area contributed by atoms with Crippen molar-refractivity contribution in [2.24, 2.45) is 0 Å². The number of carbonyl (C=O) groups is 2. The minimum absolute atomic E-state index is 0.186. The number of nitrogens with one attached hydrogen (secondary N) is 1. The standard InChI is InChI=1S/C31H29ClN2O3/c32-27-18-16-26(17-19-27)22-34(30(35)23-37-28-14-8-3-9-15-28)29(20-24-10-4-1-5-11-24)31(36)33-21-25-12-6-2-7-13-25/h1-19,29H,20-23H2,(H,33,36). The summed E-state index contributed by atoms with van der Waals surface area (Å²) in [7, 11) is 0. The zero-order chi connectivity index (χ0) is 25.9. The number of halogens is 1. The molecular weight excluding hydrogens is 484 g/mol. The Balaban J connectivity index is 1.60. The molecule has 0 saturated carbocycles. The lowest BCUT2D eigenvalue weighted by molar-refractivity contribution is -0.142. The van der Waals surface area contributed by atoms with Crippen LogP contribution in [-0.2, 0) is 29.1 Å². The van der Waals surface area contributed by atoms with Crippen molar-refractivity contribution in [3.05, 3.63) is 137 Å². The molecule has 188 valence electrons. The number of carbonyl (C=O) groups excluding carboxylic acids is 2. The Morgan fingerprint density at radius 1 is 0.730 bits per heavy atom. The van der Waals surface area contributed by atoms with Crippen molar-refractivity contribution in [1.82, 2.24) is 10.2 Å². The molecule has 0 fully saturated rings. The van der Waals surface area contributed by atoms with Gasteiger partial charge in [0.15, 0.2) is 6.61 Å². The number of benzene rings is 4. The van der Waals surface area contributed by atoms with E-state index in [4.69, 9.17) is 16.3 Å². The molecule has 1 N–H and O–H groups in total. The van der Waals surface area contributed by atoms with Gasteiger partial charge in [-0.15, -0.1) is 0 Å². The Morgan fingerprint density at radius 2 is 1.30 bits per heavy atom. The summed E-state index contributed by atoms with van der Waals surface area (Å²) < 4.78 is 5.77. The van der Waals surface area contributed by atoms with Crippen LogP contribution in [0.3, 0.4) is 0 Å². The molecule has 37 heavy (non-hydrogen) atoms. The lowest BCUT2D eigenvalue weighted by Gasteiger charge is -2.31. The van der Waals surface area contributed by atoms with Crippen molar-refractivity contribution in [1.29, 1.82) is 0 Å².